The Kier molecular flexibility index (Phi) is 4.90. The van der Waals surface area contributed by atoms with Crippen LogP contribution in [0.3, 0.4) is 0 Å². The minimum atomic E-state index is -4.24. The molecule has 110 valence electrons. The van der Waals surface area contributed by atoms with Crippen molar-refractivity contribution in [2.24, 2.45) is 0 Å². The fraction of sp³-hybridized carbons (Fsp3) is 0.529. The van der Waals surface area contributed by atoms with Crippen LogP contribution in [-0.4, -0.2) is 0 Å². The first-order valence-corrected chi connectivity index (χ1v) is 7.41. The second-order valence-electron chi connectivity index (χ2n) is 5.47. The zero-order valence-electron chi connectivity index (χ0n) is 11.9. The third-order valence-electron chi connectivity index (χ3n) is 3.97. The summed E-state index contributed by atoms with van der Waals surface area (Å²) in [7, 11) is 0. The molecular weight excluding hydrogens is 261 g/mol. The predicted octanol–water partition coefficient (Wildman–Crippen LogP) is 6.22. The number of hydrogen-bond acceptors (Lipinski definition) is 0. The van der Waals surface area contributed by atoms with Gasteiger partial charge < -0.3 is 0 Å². The summed E-state index contributed by atoms with van der Waals surface area (Å²) in [6, 6.07) is 5.65. The first-order chi connectivity index (χ1) is 9.52. The van der Waals surface area contributed by atoms with Gasteiger partial charge in [-0.3, -0.25) is 0 Å². The fourth-order valence-electron chi connectivity index (χ4n) is 2.88. The van der Waals surface area contributed by atoms with E-state index < -0.39 is 11.7 Å². The maximum atomic E-state index is 12.6. The lowest BCUT2D eigenvalue weighted by Gasteiger charge is -2.10. The third kappa shape index (κ3) is 3.65. The Balaban J connectivity index is 2.15. The second-order valence-corrected chi connectivity index (χ2v) is 5.47. The molecule has 0 nitrogen and oxygen atoms in total. The average Bonchev–Trinajstić information content (AvgIpc) is 2.87. The number of allylic oxidation sites excluding steroid dienone is 2. The molecule has 0 radical (unpaired) electrons. The fourth-order valence-corrected chi connectivity index (χ4v) is 2.88. The normalized spacial score (nSPS) is 16.0. The van der Waals surface area contributed by atoms with Crippen molar-refractivity contribution in [2.45, 2.75) is 58.0 Å². The highest BCUT2D eigenvalue weighted by Gasteiger charge is 2.30. The van der Waals surface area contributed by atoms with Gasteiger partial charge in [-0.1, -0.05) is 37.5 Å². The Morgan fingerprint density at radius 2 is 1.70 bits per heavy atom. The predicted molar refractivity (Wildman–Crippen MR) is 76.4 cm³/mol. The molecule has 0 heterocycles. The summed E-state index contributed by atoms with van der Waals surface area (Å²) < 4.78 is 37.7. The third-order valence-corrected chi connectivity index (χ3v) is 3.97. The van der Waals surface area contributed by atoms with Crippen LogP contribution in [0.5, 0.6) is 0 Å². The van der Waals surface area contributed by atoms with Gasteiger partial charge in [0.15, 0.2) is 0 Å². The van der Waals surface area contributed by atoms with Gasteiger partial charge in [0.1, 0.15) is 0 Å². The second kappa shape index (κ2) is 6.47. The van der Waals surface area contributed by atoms with Gasteiger partial charge in [0.05, 0.1) is 5.56 Å². The molecule has 0 aliphatic heterocycles. The van der Waals surface area contributed by atoms with Crippen LogP contribution in [0.2, 0.25) is 0 Å². The lowest BCUT2D eigenvalue weighted by atomic mass is 9.97. The van der Waals surface area contributed by atoms with Crippen molar-refractivity contribution in [2.75, 3.05) is 0 Å². The average molecular weight is 282 g/mol. The molecule has 0 aromatic heterocycles. The van der Waals surface area contributed by atoms with E-state index in [1.807, 2.05) is 0 Å². The van der Waals surface area contributed by atoms with Crippen LogP contribution in [0.4, 0.5) is 13.2 Å². The molecule has 0 unspecified atom stereocenters. The van der Waals surface area contributed by atoms with Crippen LogP contribution in [-0.2, 0) is 6.18 Å². The first kappa shape index (κ1) is 15.1. The van der Waals surface area contributed by atoms with Crippen molar-refractivity contribution in [1.82, 2.24) is 0 Å². The Hall–Kier alpha value is -1.25. The van der Waals surface area contributed by atoms with Crippen LogP contribution >= 0.6 is 0 Å². The number of benzene rings is 1. The van der Waals surface area contributed by atoms with E-state index in [1.54, 1.807) is 12.1 Å². The van der Waals surface area contributed by atoms with Gasteiger partial charge in [-0.25, -0.2) is 0 Å². The van der Waals surface area contributed by atoms with E-state index in [2.05, 4.69) is 6.92 Å². The van der Waals surface area contributed by atoms with Gasteiger partial charge in [0.2, 0.25) is 0 Å². The summed E-state index contributed by atoms with van der Waals surface area (Å²) in [5.41, 5.74) is 3.16. The van der Waals surface area contributed by atoms with Gasteiger partial charge in [0, 0.05) is 0 Å². The number of alkyl halides is 3. The van der Waals surface area contributed by atoms with E-state index >= 15 is 0 Å². The van der Waals surface area contributed by atoms with E-state index in [4.69, 9.17) is 0 Å². The number of halogens is 3. The Bertz CT molecular complexity index is 466. The maximum Gasteiger partial charge on any atom is 0.416 e. The molecule has 1 aromatic rings. The van der Waals surface area contributed by atoms with E-state index in [0.717, 1.165) is 31.2 Å². The van der Waals surface area contributed by atoms with E-state index in [0.29, 0.717) is 0 Å². The van der Waals surface area contributed by atoms with Crippen LogP contribution < -0.4 is 0 Å². The molecule has 0 saturated heterocycles. The molecule has 1 aliphatic rings. The van der Waals surface area contributed by atoms with Crippen molar-refractivity contribution in [3.05, 3.63) is 41.0 Å². The highest BCUT2D eigenvalue weighted by atomic mass is 19.4. The van der Waals surface area contributed by atoms with Gasteiger partial charge in [-0.15, -0.1) is 0 Å². The maximum absolute atomic E-state index is 12.6. The molecule has 3 heteroatoms. The van der Waals surface area contributed by atoms with Gasteiger partial charge in [-0.05, 0) is 55.4 Å². The minimum absolute atomic E-state index is 0.563. The van der Waals surface area contributed by atoms with Crippen molar-refractivity contribution in [1.29, 1.82) is 0 Å². The van der Waals surface area contributed by atoms with E-state index in [9.17, 15) is 13.2 Å². The zero-order valence-corrected chi connectivity index (χ0v) is 11.9. The molecular formula is C17H21F3. The standard InChI is InChI=1S/C17H21F3/c1-2-3-4-6-13-7-5-8-16(13)14-9-11-15(12-10-14)17(18,19)20/h9-12H,2-8H2,1H3. The molecule has 0 atom stereocenters. The van der Waals surface area contributed by atoms with Crippen LogP contribution in [0, 0.1) is 0 Å². The van der Waals surface area contributed by atoms with Crippen LogP contribution in [0.15, 0.2) is 29.8 Å². The zero-order chi connectivity index (χ0) is 14.6. The monoisotopic (exact) mass is 282 g/mol. The Labute approximate surface area is 118 Å². The molecule has 0 spiro atoms. The summed E-state index contributed by atoms with van der Waals surface area (Å²) >= 11 is 0. The molecule has 1 aliphatic carbocycles. The molecule has 0 bridgehead atoms. The molecule has 0 saturated carbocycles. The van der Waals surface area contributed by atoms with Gasteiger partial charge >= 0.3 is 6.18 Å². The smallest absolute Gasteiger partial charge is 0.166 e. The van der Waals surface area contributed by atoms with Crippen LogP contribution in [0.1, 0.15) is 63.0 Å². The number of unbranched alkanes of at least 4 members (excludes halogenated alkanes) is 2. The molecule has 20 heavy (non-hydrogen) atoms. The van der Waals surface area contributed by atoms with Gasteiger partial charge in [0.25, 0.3) is 0 Å². The molecule has 0 N–H and O–H groups in total. The van der Waals surface area contributed by atoms with Crippen molar-refractivity contribution < 1.29 is 13.2 Å². The molecule has 2 rings (SSSR count). The lowest BCUT2D eigenvalue weighted by Crippen LogP contribution is -2.04. The quantitative estimate of drug-likeness (QED) is 0.562. The van der Waals surface area contributed by atoms with E-state index in [1.165, 1.54) is 42.5 Å². The van der Waals surface area contributed by atoms with Crippen molar-refractivity contribution >= 4 is 5.57 Å². The molecule has 0 amide bonds. The van der Waals surface area contributed by atoms with Crippen LogP contribution in [0.25, 0.3) is 5.57 Å². The largest absolute Gasteiger partial charge is 0.416 e. The highest BCUT2D eigenvalue weighted by molar-refractivity contribution is 5.70. The summed E-state index contributed by atoms with van der Waals surface area (Å²) in [4.78, 5) is 0. The summed E-state index contributed by atoms with van der Waals surface area (Å²) in [6.07, 6.45) is 3.73. The first-order valence-electron chi connectivity index (χ1n) is 7.41. The highest BCUT2D eigenvalue weighted by Crippen LogP contribution is 2.37. The lowest BCUT2D eigenvalue weighted by molar-refractivity contribution is -0.137. The number of rotatable bonds is 5. The topological polar surface area (TPSA) is 0 Å². The van der Waals surface area contributed by atoms with Gasteiger partial charge in [-0.2, -0.15) is 13.2 Å². The summed E-state index contributed by atoms with van der Waals surface area (Å²) in [6.45, 7) is 2.18. The minimum Gasteiger partial charge on any atom is -0.166 e. The summed E-state index contributed by atoms with van der Waals surface area (Å²) in [5.74, 6) is 0. The Morgan fingerprint density at radius 1 is 1.00 bits per heavy atom. The number of hydrogen-bond donors (Lipinski definition) is 0. The molecule has 0 fully saturated rings. The summed E-state index contributed by atoms with van der Waals surface area (Å²) in [5, 5.41) is 0. The van der Waals surface area contributed by atoms with Crippen molar-refractivity contribution in [3.63, 3.8) is 0 Å². The Morgan fingerprint density at radius 3 is 2.30 bits per heavy atom. The SMILES string of the molecule is CCCCCC1=C(c2ccc(C(F)(F)F)cc2)CCC1. The molecule has 1 aromatic carbocycles. The van der Waals surface area contributed by atoms with E-state index in [-0.39, 0.29) is 0 Å². The van der Waals surface area contributed by atoms with Crippen molar-refractivity contribution in [3.8, 4) is 0 Å².